The normalized spacial score (nSPS) is 17.5. The van der Waals surface area contributed by atoms with Gasteiger partial charge >= 0.3 is 0 Å². The van der Waals surface area contributed by atoms with E-state index in [-0.39, 0.29) is 17.4 Å². The average Bonchev–Trinajstić information content (AvgIpc) is 2.88. The van der Waals surface area contributed by atoms with Gasteiger partial charge in [0.15, 0.2) is 5.11 Å². The number of rotatable bonds is 3. The van der Waals surface area contributed by atoms with E-state index in [9.17, 15) is 4.79 Å². The second-order valence-electron chi connectivity index (χ2n) is 7.62. The van der Waals surface area contributed by atoms with E-state index in [1.165, 1.54) is 5.56 Å². The molecule has 0 spiro atoms. The minimum atomic E-state index is -0.113. The van der Waals surface area contributed by atoms with Crippen LogP contribution < -0.4 is 5.32 Å². The van der Waals surface area contributed by atoms with Crippen LogP contribution >= 0.6 is 12.2 Å². The van der Waals surface area contributed by atoms with E-state index in [0.717, 1.165) is 11.1 Å². The van der Waals surface area contributed by atoms with Crippen molar-refractivity contribution in [2.45, 2.75) is 39.2 Å². The first-order chi connectivity index (χ1) is 12.3. The Labute approximate surface area is 160 Å². The van der Waals surface area contributed by atoms with Gasteiger partial charge in [0.1, 0.15) is 5.70 Å². The second-order valence-corrected chi connectivity index (χ2v) is 8.01. The lowest BCUT2D eigenvalue weighted by Gasteiger charge is -2.23. The number of benzene rings is 2. The van der Waals surface area contributed by atoms with Gasteiger partial charge in [-0.2, -0.15) is 0 Å². The molecule has 1 atom stereocenters. The summed E-state index contributed by atoms with van der Waals surface area (Å²) in [6, 6.07) is 18.1. The number of thiocarbonyl (C=S) groups is 1. The summed E-state index contributed by atoms with van der Waals surface area (Å²) in [5.41, 5.74) is 3.92. The topological polar surface area (TPSA) is 32.3 Å². The third kappa shape index (κ3) is 3.70. The van der Waals surface area contributed by atoms with Crippen molar-refractivity contribution in [3.05, 3.63) is 77.0 Å². The molecular weight excluding hydrogens is 340 g/mol. The molecule has 1 unspecified atom stereocenters. The fourth-order valence-corrected chi connectivity index (χ4v) is 3.38. The highest BCUT2D eigenvalue weighted by Gasteiger charge is 2.34. The number of hydrogen-bond acceptors (Lipinski definition) is 2. The van der Waals surface area contributed by atoms with Crippen molar-refractivity contribution in [2.75, 3.05) is 0 Å². The molecule has 1 aliphatic heterocycles. The summed E-state index contributed by atoms with van der Waals surface area (Å²) >= 11 is 5.41. The Morgan fingerprint density at radius 3 is 2.23 bits per heavy atom. The third-order valence-electron chi connectivity index (χ3n) is 4.67. The molecule has 2 aromatic carbocycles. The van der Waals surface area contributed by atoms with Gasteiger partial charge in [0, 0.05) is 0 Å². The molecule has 0 saturated carbocycles. The van der Waals surface area contributed by atoms with Gasteiger partial charge in [-0.25, -0.2) is 0 Å². The molecule has 1 heterocycles. The van der Waals surface area contributed by atoms with Crippen LogP contribution in [0.5, 0.6) is 0 Å². The monoisotopic (exact) mass is 364 g/mol. The molecule has 1 aliphatic rings. The summed E-state index contributed by atoms with van der Waals surface area (Å²) in [4.78, 5) is 14.5. The van der Waals surface area contributed by atoms with Crippen molar-refractivity contribution in [3.63, 3.8) is 0 Å². The highest BCUT2D eigenvalue weighted by Crippen LogP contribution is 2.27. The van der Waals surface area contributed by atoms with Crippen LogP contribution in [0.25, 0.3) is 6.08 Å². The maximum Gasteiger partial charge on any atom is 0.277 e. The second kappa shape index (κ2) is 7.04. The highest BCUT2D eigenvalue weighted by atomic mass is 32.1. The largest absolute Gasteiger partial charge is 0.328 e. The SMILES string of the molecule is CC(c1ccccc1)N1C(=O)/C(=C/c2ccc(C(C)(C)C)cc2)NC1=S. The van der Waals surface area contributed by atoms with Gasteiger partial charge < -0.3 is 5.32 Å². The van der Waals surface area contributed by atoms with E-state index in [4.69, 9.17) is 12.2 Å². The van der Waals surface area contributed by atoms with E-state index < -0.39 is 0 Å². The first kappa shape index (κ1) is 18.3. The zero-order valence-corrected chi connectivity index (χ0v) is 16.4. The predicted octanol–water partition coefficient (Wildman–Crippen LogP) is 4.80. The maximum atomic E-state index is 12.9. The van der Waals surface area contributed by atoms with Gasteiger partial charge in [-0.1, -0.05) is 75.4 Å². The van der Waals surface area contributed by atoms with Crippen LogP contribution in [0.15, 0.2) is 60.3 Å². The number of amides is 1. The number of carbonyl (C=O) groups is 1. The van der Waals surface area contributed by atoms with Gasteiger partial charge in [-0.3, -0.25) is 9.69 Å². The average molecular weight is 365 g/mol. The van der Waals surface area contributed by atoms with E-state index in [0.29, 0.717) is 10.8 Å². The van der Waals surface area contributed by atoms with Gasteiger partial charge in [0.25, 0.3) is 5.91 Å². The van der Waals surface area contributed by atoms with Crippen molar-refractivity contribution >= 4 is 29.3 Å². The lowest BCUT2D eigenvalue weighted by molar-refractivity contribution is -0.123. The molecular formula is C22H24N2OS. The van der Waals surface area contributed by atoms with Crippen LogP contribution in [-0.2, 0) is 10.2 Å². The van der Waals surface area contributed by atoms with Crippen molar-refractivity contribution < 1.29 is 4.79 Å². The summed E-state index contributed by atoms with van der Waals surface area (Å²) in [5.74, 6) is -0.0914. The van der Waals surface area contributed by atoms with Crippen molar-refractivity contribution in [2.24, 2.45) is 0 Å². The molecule has 1 fully saturated rings. The predicted molar refractivity (Wildman–Crippen MR) is 111 cm³/mol. The van der Waals surface area contributed by atoms with Gasteiger partial charge in [-0.05, 0) is 47.3 Å². The van der Waals surface area contributed by atoms with E-state index in [1.807, 2.05) is 55.5 Å². The summed E-state index contributed by atoms with van der Waals surface area (Å²) < 4.78 is 0. The van der Waals surface area contributed by atoms with E-state index in [2.05, 4.69) is 38.2 Å². The smallest absolute Gasteiger partial charge is 0.277 e. The van der Waals surface area contributed by atoms with Crippen LogP contribution in [-0.4, -0.2) is 15.9 Å². The summed E-state index contributed by atoms with van der Waals surface area (Å²) in [5, 5.41) is 3.51. The fourth-order valence-electron chi connectivity index (χ4n) is 3.03. The van der Waals surface area contributed by atoms with Crippen molar-refractivity contribution in [3.8, 4) is 0 Å². The minimum Gasteiger partial charge on any atom is -0.328 e. The Balaban J connectivity index is 1.83. The molecule has 134 valence electrons. The van der Waals surface area contributed by atoms with Crippen molar-refractivity contribution in [1.82, 2.24) is 10.2 Å². The Hall–Kier alpha value is -2.46. The summed E-state index contributed by atoms with van der Waals surface area (Å²) in [6.07, 6.45) is 1.86. The Bertz CT molecular complexity index is 848. The molecule has 4 heteroatoms. The standard InChI is InChI=1S/C22H24N2OS/c1-15(17-8-6-5-7-9-17)24-20(25)19(23-21(24)26)14-16-10-12-18(13-11-16)22(2,3)4/h5-15H,1-4H3,(H,23,26)/b19-14-. The lowest BCUT2D eigenvalue weighted by atomic mass is 9.87. The first-order valence-corrected chi connectivity index (χ1v) is 9.20. The first-order valence-electron chi connectivity index (χ1n) is 8.79. The fraction of sp³-hybridized carbons (Fsp3) is 0.273. The molecule has 1 N–H and O–H groups in total. The zero-order chi connectivity index (χ0) is 18.9. The quantitative estimate of drug-likeness (QED) is 0.627. The number of hydrogen-bond donors (Lipinski definition) is 1. The maximum absolute atomic E-state index is 12.9. The lowest BCUT2D eigenvalue weighted by Crippen LogP contribution is -2.33. The van der Waals surface area contributed by atoms with Crippen LogP contribution in [0, 0.1) is 0 Å². The van der Waals surface area contributed by atoms with Crippen LogP contribution in [0.2, 0.25) is 0 Å². The van der Waals surface area contributed by atoms with Crippen LogP contribution in [0.3, 0.4) is 0 Å². The van der Waals surface area contributed by atoms with E-state index >= 15 is 0 Å². The molecule has 0 aromatic heterocycles. The molecule has 26 heavy (non-hydrogen) atoms. The Morgan fingerprint density at radius 1 is 1.04 bits per heavy atom. The third-order valence-corrected chi connectivity index (χ3v) is 4.97. The van der Waals surface area contributed by atoms with Gasteiger partial charge in [-0.15, -0.1) is 0 Å². The molecule has 0 aliphatic carbocycles. The van der Waals surface area contributed by atoms with Crippen LogP contribution in [0.1, 0.15) is 50.4 Å². The molecule has 3 rings (SSSR count). The highest BCUT2D eigenvalue weighted by molar-refractivity contribution is 7.80. The summed E-state index contributed by atoms with van der Waals surface area (Å²) in [6.45, 7) is 8.54. The minimum absolute atomic E-state index is 0.0914. The Kier molecular flexibility index (Phi) is 4.97. The molecule has 3 nitrogen and oxygen atoms in total. The molecule has 2 aromatic rings. The number of carbonyl (C=O) groups excluding carboxylic acids is 1. The molecule has 1 saturated heterocycles. The molecule has 0 radical (unpaired) electrons. The van der Waals surface area contributed by atoms with Crippen molar-refractivity contribution in [1.29, 1.82) is 0 Å². The van der Waals surface area contributed by atoms with Gasteiger partial charge in [0.05, 0.1) is 6.04 Å². The summed E-state index contributed by atoms with van der Waals surface area (Å²) in [7, 11) is 0. The van der Waals surface area contributed by atoms with Crippen LogP contribution in [0.4, 0.5) is 0 Å². The van der Waals surface area contributed by atoms with E-state index in [1.54, 1.807) is 4.90 Å². The number of nitrogens with zero attached hydrogens (tertiary/aromatic N) is 1. The molecule has 0 bridgehead atoms. The Morgan fingerprint density at radius 2 is 1.65 bits per heavy atom. The zero-order valence-electron chi connectivity index (χ0n) is 15.6. The van der Waals surface area contributed by atoms with Gasteiger partial charge in [0.2, 0.25) is 0 Å². The number of nitrogens with one attached hydrogen (secondary N) is 1. The molecule has 1 amide bonds.